The third-order valence-electron chi connectivity index (χ3n) is 2.82. The fourth-order valence-electron chi connectivity index (χ4n) is 1.86. The lowest BCUT2D eigenvalue weighted by atomic mass is 10.0. The highest BCUT2D eigenvalue weighted by atomic mass is 16.6. The zero-order valence-corrected chi connectivity index (χ0v) is 14.0. The molecule has 1 N–H and O–H groups in total. The highest BCUT2D eigenvalue weighted by Gasteiger charge is 2.25. The van der Waals surface area contributed by atoms with Crippen LogP contribution in [-0.4, -0.2) is 30.3 Å². The smallest absolute Gasteiger partial charge is 0.408 e. The van der Waals surface area contributed by atoms with Crippen LogP contribution in [0.15, 0.2) is 24.3 Å². The minimum atomic E-state index is -0.818. The number of hydrogen-bond acceptors (Lipinski definition) is 4. The van der Waals surface area contributed by atoms with Crippen LogP contribution in [0.5, 0.6) is 0 Å². The predicted octanol–water partition coefficient (Wildman–Crippen LogP) is 2.67. The van der Waals surface area contributed by atoms with Crippen molar-refractivity contribution in [1.82, 2.24) is 5.32 Å². The Morgan fingerprint density at radius 1 is 1.26 bits per heavy atom. The molecule has 0 aromatic heterocycles. The van der Waals surface area contributed by atoms with Gasteiger partial charge in [0.15, 0.2) is 0 Å². The summed E-state index contributed by atoms with van der Waals surface area (Å²) in [5.41, 5.74) is 0.970. The number of hydrogen-bond donors (Lipinski definition) is 1. The lowest BCUT2D eigenvalue weighted by Crippen LogP contribution is -2.45. The maximum Gasteiger partial charge on any atom is 0.408 e. The molecule has 0 aliphatic carbocycles. The van der Waals surface area contributed by atoms with Gasteiger partial charge in [-0.3, -0.25) is 0 Å². The zero-order chi connectivity index (χ0) is 17.5. The molecule has 0 aliphatic heterocycles. The van der Waals surface area contributed by atoms with Crippen molar-refractivity contribution in [3.05, 3.63) is 35.4 Å². The molecule has 124 valence electrons. The van der Waals surface area contributed by atoms with Crippen LogP contribution in [0.1, 0.15) is 38.8 Å². The van der Waals surface area contributed by atoms with E-state index in [0.29, 0.717) is 6.42 Å². The number of carbonyl (C=O) groups is 2. The van der Waals surface area contributed by atoms with Crippen LogP contribution in [0.2, 0.25) is 0 Å². The monoisotopic (exact) mass is 317 g/mol. The fourth-order valence-corrected chi connectivity index (χ4v) is 1.86. The molecule has 0 fully saturated rings. The molecule has 1 atom stereocenters. The van der Waals surface area contributed by atoms with Crippen molar-refractivity contribution in [3.8, 4) is 12.3 Å². The van der Waals surface area contributed by atoms with Crippen molar-refractivity contribution < 1.29 is 19.1 Å². The first-order chi connectivity index (χ1) is 10.7. The summed E-state index contributed by atoms with van der Waals surface area (Å²) < 4.78 is 10.2. The molecule has 1 amide bonds. The lowest BCUT2D eigenvalue weighted by Gasteiger charge is -2.23. The van der Waals surface area contributed by atoms with Gasteiger partial charge in [0.05, 0.1) is 6.61 Å². The molecular weight excluding hydrogens is 294 g/mol. The minimum absolute atomic E-state index is 0.237. The van der Waals surface area contributed by atoms with Crippen molar-refractivity contribution in [2.24, 2.45) is 0 Å². The molecule has 5 nitrogen and oxygen atoms in total. The van der Waals surface area contributed by atoms with Gasteiger partial charge in [-0.25, -0.2) is 9.59 Å². The number of amides is 1. The first-order valence-corrected chi connectivity index (χ1v) is 7.47. The Kier molecular flexibility index (Phi) is 6.65. The van der Waals surface area contributed by atoms with E-state index in [4.69, 9.17) is 15.9 Å². The Morgan fingerprint density at radius 2 is 1.87 bits per heavy atom. The summed E-state index contributed by atoms with van der Waals surface area (Å²) in [4.78, 5) is 23.9. The van der Waals surface area contributed by atoms with Gasteiger partial charge in [-0.1, -0.05) is 18.1 Å². The van der Waals surface area contributed by atoms with Crippen LogP contribution < -0.4 is 5.32 Å². The number of alkyl carbamates (subject to hydrolysis) is 1. The third kappa shape index (κ3) is 6.88. The van der Waals surface area contributed by atoms with Crippen molar-refractivity contribution in [3.63, 3.8) is 0 Å². The van der Waals surface area contributed by atoms with E-state index in [-0.39, 0.29) is 6.61 Å². The quantitative estimate of drug-likeness (QED) is 0.670. The van der Waals surface area contributed by atoms with Gasteiger partial charge in [-0.05, 0) is 45.4 Å². The number of terminal acetylenes is 1. The van der Waals surface area contributed by atoms with Crippen molar-refractivity contribution in [2.75, 3.05) is 6.61 Å². The molecule has 23 heavy (non-hydrogen) atoms. The topological polar surface area (TPSA) is 64.6 Å². The van der Waals surface area contributed by atoms with Gasteiger partial charge < -0.3 is 14.8 Å². The van der Waals surface area contributed by atoms with Crippen LogP contribution in [-0.2, 0) is 20.7 Å². The highest BCUT2D eigenvalue weighted by molar-refractivity contribution is 5.81. The molecule has 0 unspecified atom stereocenters. The molecule has 1 aromatic rings. The second kappa shape index (κ2) is 8.23. The molecule has 0 spiro atoms. The molecule has 0 saturated heterocycles. The average Bonchev–Trinajstić information content (AvgIpc) is 2.45. The highest BCUT2D eigenvalue weighted by Crippen LogP contribution is 2.10. The largest absolute Gasteiger partial charge is 0.464 e. The van der Waals surface area contributed by atoms with Gasteiger partial charge in [-0.15, -0.1) is 6.42 Å². The molecule has 0 aliphatic rings. The Bertz CT molecular complexity index is 579. The number of benzene rings is 1. The predicted molar refractivity (Wildman–Crippen MR) is 87.9 cm³/mol. The number of nitrogens with one attached hydrogen (secondary N) is 1. The van der Waals surface area contributed by atoms with Gasteiger partial charge in [0.25, 0.3) is 0 Å². The van der Waals surface area contributed by atoms with E-state index in [2.05, 4.69) is 11.2 Å². The van der Waals surface area contributed by atoms with Crippen LogP contribution >= 0.6 is 0 Å². The van der Waals surface area contributed by atoms with Crippen LogP contribution in [0, 0.1) is 12.3 Å². The molecule has 0 heterocycles. The number of ether oxygens (including phenoxy) is 2. The normalized spacial score (nSPS) is 12.0. The number of carbonyl (C=O) groups excluding carboxylic acids is 2. The van der Waals surface area contributed by atoms with Gasteiger partial charge in [-0.2, -0.15) is 0 Å². The minimum Gasteiger partial charge on any atom is -0.464 e. The maximum absolute atomic E-state index is 12.0. The summed E-state index contributed by atoms with van der Waals surface area (Å²) >= 11 is 0. The van der Waals surface area contributed by atoms with E-state index in [1.807, 2.05) is 12.1 Å². The van der Waals surface area contributed by atoms with Gasteiger partial charge in [0.2, 0.25) is 0 Å². The summed E-state index contributed by atoms with van der Waals surface area (Å²) in [6, 6.07) is 6.38. The van der Waals surface area contributed by atoms with Crippen LogP contribution in [0.4, 0.5) is 4.79 Å². The van der Waals surface area contributed by atoms with Gasteiger partial charge >= 0.3 is 12.1 Å². The van der Waals surface area contributed by atoms with Crippen LogP contribution in [0.25, 0.3) is 0 Å². The van der Waals surface area contributed by atoms with E-state index in [1.54, 1.807) is 39.8 Å². The molecule has 0 bridgehead atoms. The summed E-state index contributed by atoms with van der Waals surface area (Å²) in [5.74, 6) is 2.03. The SMILES string of the molecule is C#Cc1ccc(C[C@H](NC(=O)OC(C)(C)C)C(=O)OCC)cc1. The fraction of sp³-hybridized carbons (Fsp3) is 0.444. The molecular formula is C18H23NO4. The Balaban J connectivity index is 2.81. The molecule has 1 rings (SSSR count). The first kappa shape index (κ1) is 18.6. The van der Waals surface area contributed by atoms with Crippen molar-refractivity contribution in [1.29, 1.82) is 0 Å². The van der Waals surface area contributed by atoms with Crippen molar-refractivity contribution >= 4 is 12.1 Å². The summed E-state index contributed by atoms with van der Waals surface area (Å²) in [7, 11) is 0. The average molecular weight is 317 g/mol. The van der Waals surface area contributed by atoms with E-state index in [0.717, 1.165) is 11.1 Å². The third-order valence-corrected chi connectivity index (χ3v) is 2.82. The van der Waals surface area contributed by atoms with Gasteiger partial charge in [0.1, 0.15) is 11.6 Å². The molecule has 0 saturated carbocycles. The summed E-state index contributed by atoms with van der Waals surface area (Å²) in [6.07, 6.45) is 4.95. The Labute approximate surface area is 137 Å². The number of esters is 1. The van der Waals surface area contributed by atoms with E-state index in [1.165, 1.54) is 0 Å². The molecule has 5 heteroatoms. The molecule has 0 radical (unpaired) electrons. The summed E-state index contributed by atoms with van der Waals surface area (Å²) in [6.45, 7) is 7.21. The maximum atomic E-state index is 12.0. The zero-order valence-electron chi connectivity index (χ0n) is 14.0. The van der Waals surface area contributed by atoms with Crippen molar-refractivity contribution in [2.45, 2.75) is 45.8 Å². The van der Waals surface area contributed by atoms with E-state index >= 15 is 0 Å². The standard InChI is InChI=1S/C18H23NO4/c1-6-13-8-10-14(11-9-13)12-15(16(20)22-7-2)19-17(21)23-18(3,4)5/h1,8-11,15H,7,12H2,2-5H3,(H,19,21)/t15-/m0/s1. The van der Waals surface area contributed by atoms with E-state index in [9.17, 15) is 9.59 Å². The Hall–Kier alpha value is -2.48. The van der Waals surface area contributed by atoms with Gasteiger partial charge in [0, 0.05) is 12.0 Å². The first-order valence-electron chi connectivity index (χ1n) is 7.47. The molecule has 1 aromatic carbocycles. The Morgan fingerprint density at radius 3 is 2.35 bits per heavy atom. The lowest BCUT2D eigenvalue weighted by molar-refractivity contribution is -0.145. The second-order valence-corrected chi connectivity index (χ2v) is 6.00. The number of rotatable bonds is 5. The second-order valence-electron chi connectivity index (χ2n) is 6.00. The van der Waals surface area contributed by atoms with E-state index < -0.39 is 23.7 Å². The summed E-state index contributed by atoms with van der Waals surface area (Å²) in [5, 5.41) is 2.56. The van der Waals surface area contributed by atoms with Crippen LogP contribution in [0.3, 0.4) is 0 Å².